The number of benzene rings is 1. The van der Waals surface area contributed by atoms with Gasteiger partial charge in [-0.3, -0.25) is 4.79 Å². The molecule has 0 radical (unpaired) electrons. The van der Waals surface area contributed by atoms with Crippen molar-refractivity contribution in [3.05, 3.63) is 63.9 Å². The van der Waals surface area contributed by atoms with E-state index in [-0.39, 0.29) is 11.8 Å². The molecule has 26 heavy (non-hydrogen) atoms. The van der Waals surface area contributed by atoms with E-state index in [1.165, 1.54) is 16.5 Å². The fraction of sp³-hybridized carbons (Fsp3) is 0.333. The molecule has 0 spiro atoms. The SMILES string of the molecule is CC[C@H](CNC(=O)[C@@H](C)OC(=O)/C=C/c1ccc(C)s1)c1ccccc1. The van der Waals surface area contributed by atoms with Crippen LogP contribution in [0.5, 0.6) is 0 Å². The standard InChI is InChI=1S/C21H25NO3S/c1-4-17(18-8-6-5-7-9-18)14-22-21(24)16(3)25-20(23)13-12-19-11-10-15(2)26-19/h5-13,16-17H,4,14H2,1-3H3,(H,22,24)/b13-12+/t16-,17-/m1/s1. The summed E-state index contributed by atoms with van der Waals surface area (Å²) in [5.74, 6) is -0.563. The number of hydrogen-bond donors (Lipinski definition) is 1. The third-order valence-corrected chi connectivity index (χ3v) is 5.06. The molecule has 0 saturated heterocycles. The van der Waals surface area contributed by atoms with Gasteiger partial charge < -0.3 is 10.1 Å². The summed E-state index contributed by atoms with van der Waals surface area (Å²) in [6, 6.07) is 14.0. The van der Waals surface area contributed by atoms with Gasteiger partial charge in [0.25, 0.3) is 5.91 Å². The van der Waals surface area contributed by atoms with E-state index < -0.39 is 12.1 Å². The molecule has 0 unspecified atom stereocenters. The van der Waals surface area contributed by atoms with Gasteiger partial charge in [0.15, 0.2) is 6.10 Å². The summed E-state index contributed by atoms with van der Waals surface area (Å²) in [6.07, 6.45) is 3.15. The lowest BCUT2D eigenvalue weighted by Crippen LogP contribution is -2.37. The van der Waals surface area contributed by atoms with Crippen LogP contribution in [0.4, 0.5) is 0 Å². The molecule has 2 aromatic rings. The second kappa shape index (κ2) is 9.92. The molecule has 0 bridgehead atoms. The molecule has 2 atom stereocenters. The third-order valence-electron chi connectivity index (χ3n) is 4.09. The predicted octanol–water partition coefficient (Wildman–Crippen LogP) is 4.31. The molecule has 1 N–H and O–H groups in total. The van der Waals surface area contributed by atoms with Gasteiger partial charge in [-0.1, -0.05) is 37.3 Å². The first-order valence-corrected chi connectivity index (χ1v) is 9.59. The Bertz CT molecular complexity index is 752. The molecule has 2 rings (SSSR count). The molecule has 0 fully saturated rings. The molecular formula is C21H25NO3S. The normalized spacial score (nSPS) is 13.3. The highest BCUT2D eigenvalue weighted by Crippen LogP contribution is 2.18. The Morgan fingerprint density at radius 3 is 2.54 bits per heavy atom. The van der Waals surface area contributed by atoms with E-state index >= 15 is 0 Å². The van der Waals surface area contributed by atoms with Gasteiger partial charge in [0.1, 0.15) is 0 Å². The minimum atomic E-state index is -0.828. The summed E-state index contributed by atoms with van der Waals surface area (Å²) in [6.45, 7) is 6.20. The van der Waals surface area contributed by atoms with Crippen LogP contribution in [-0.2, 0) is 14.3 Å². The van der Waals surface area contributed by atoms with Gasteiger partial charge >= 0.3 is 5.97 Å². The predicted molar refractivity (Wildman–Crippen MR) is 106 cm³/mol. The number of carbonyl (C=O) groups excluding carboxylic acids is 2. The largest absolute Gasteiger partial charge is 0.449 e. The van der Waals surface area contributed by atoms with Crippen LogP contribution >= 0.6 is 11.3 Å². The quantitative estimate of drug-likeness (QED) is 0.556. The number of ether oxygens (including phenoxy) is 1. The third kappa shape index (κ3) is 6.15. The fourth-order valence-corrected chi connectivity index (χ4v) is 3.33. The minimum Gasteiger partial charge on any atom is -0.449 e. The number of hydrogen-bond acceptors (Lipinski definition) is 4. The molecule has 1 aromatic heterocycles. The smallest absolute Gasteiger partial charge is 0.331 e. The zero-order valence-corrected chi connectivity index (χ0v) is 16.2. The number of thiophene rings is 1. The van der Waals surface area contributed by atoms with E-state index in [4.69, 9.17) is 4.74 Å². The number of rotatable bonds is 8. The average molecular weight is 372 g/mol. The van der Waals surface area contributed by atoms with Crippen LogP contribution in [-0.4, -0.2) is 24.5 Å². The van der Waals surface area contributed by atoms with Crippen molar-refractivity contribution in [2.45, 2.75) is 39.2 Å². The van der Waals surface area contributed by atoms with Crippen LogP contribution in [0.3, 0.4) is 0 Å². The lowest BCUT2D eigenvalue weighted by atomic mass is 9.96. The monoisotopic (exact) mass is 371 g/mol. The van der Waals surface area contributed by atoms with Gasteiger partial charge in [-0.15, -0.1) is 11.3 Å². The highest BCUT2D eigenvalue weighted by atomic mass is 32.1. The van der Waals surface area contributed by atoms with Crippen LogP contribution in [0, 0.1) is 6.92 Å². The maximum atomic E-state index is 12.2. The lowest BCUT2D eigenvalue weighted by Gasteiger charge is -2.18. The van der Waals surface area contributed by atoms with Gasteiger partial charge in [-0.2, -0.15) is 0 Å². The van der Waals surface area contributed by atoms with Gasteiger partial charge in [0, 0.05) is 28.3 Å². The Morgan fingerprint density at radius 1 is 1.19 bits per heavy atom. The van der Waals surface area contributed by atoms with Gasteiger partial charge in [-0.05, 0) is 44.0 Å². The van der Waals surface area contributed by atoms with E-state index in [9.17, 15) is 9.59 Å². The zero-order valence-electron chi connectivity index (χ0n) is 15.4. The van der Waals surface area contributed by atoms with Crippen molar-refractivity contribution in [1.82, 2.24) is 5.32 Å². The maximum Gasteiger partial charge on any atom is 0.331 e. The molecule has 1 heterocycles. The topological polar surface area (TPSA) is 55.4 Å². The van der Waals surface area contributed by atoms with Crippen LogP contribution in [0.25, 0.3) is 6.08 Å². The molecule has 0 aliphatic heterocycles. The summed E-state index contributed by atoms with van der Waals surface area (Å²) < 4.78 is 5.18. The molecule has 138 valence electrons. The number of esters is 1. The Balaban J connectivity index is 1.81. The zero-order chi connectivity index (χ0) is 18.9. The molecule has 4 nitrogen and oxygen atoms in total. The van der Waals surface area contributed by atoms with E-state index in [0.29, 0.717) is 6.54 Å². The molecular weight excluding hydrogens is 346 g/mol. The van der Waals surface area contributed by atoms with Gasteiger partial charge in [-0.25, -0.2) is 4.79 Å². The number of carbonyl (C=O) groups is 2. The van der Waals surface area contributed by atoms with E-state index in [1.54, 1.807) is 24.3 Å². The van der Waals surface area contributed by atoms with Crippen molar-refractivity contribution >= 4 is 29.3 Å². The first-order chi connectivity index (χ1) is 12.5. The van der Waals surface area contributed by atoms with E-state index in [1.807, 2.05) is 37.3 Å². The molecule has 5 heteroatoms. The number of nitrogens with one attached hydrogen (secondary N) is 1. The molecule has 0 aliphatic carbocycles. The summed E-state index contributed by atoms with van der Waals surface area (Å²) in [7, 11) is 0. The molecule has 0 saturated carbocycles. The highest BCUT2D eigenvalue weighted by molar-refractivity contribution is 7.12. The fourth-order valence-electron chi connectivity index (χ4n) is 2.55. The summed E-state index contributed by atoms with van der Waals surface area (Å²) in [4.78, 5) is 26.2. The van der Waals surface area contributed by atoms with Gasteiger partial charge in [0.05, 0.1) is 0 Å². The Kier molecular flexibility index (Phi) is 7.60. The Labute approximate surface area is 158 Å². The summed E-state index contributed by atoms with van der Waals surface area (Å²) >= 11 is 1.59. The lowest BCUT2D eigenvalue weighted by molar-refractivity contribution is -0.150. The van der Waals surface area contributed by atoms with Crippen molar-refractivity contribution in [1.29, 1.82) is 0 Å². The van der Waals surface area contributed by atoms with Crippen LogP contribution in [0.15, 0.2) is 48.5 Å². The molecule has 1 amide bonds. The van der Waals surface area contributed by atoms with Crippen molar-refractivity contribution in [3.63, 3.8) is 0 Å². The molecule has 1 aromatic carbocycles. The van der Waals surface area contributed by atoms with E-state index in [2.05, 4.69) is 24.4 Å². The Hall–Kier alpha value is -2.40. The Morgan fingerprint density at radius 2 is 1.92 bits per heavy atom. The van der Waals surface area contributed by atoms with E-state index in [0.717, 1.165) is 11.3 Å². The average Bonchev–Trinajstić information content (AvgIpc) is 3.06. The number of amides is 1. The first kappa shape index (κ1) is 19.9. The molecule has 0 aliphatic rings. The highest BCUT2D eigenvalue weighted by Gasteiger charge is 2.18. The van der Waals surface area contributed by atoms with Crippen molar-refractivity contribution < 1.29 is 14.3 Å². The van der Waals surface area contributed by atoms with Gasteiger partial charge in [0.2, 0.25) is 0 Å². The minimum absolute atomic E-state index is 0.241. The second-order valence-electron chi connectivity index (χ2n) is 6.12. The van der Waals surface area contributed by atoms with Crippen LogP contribution in [0.1, 0.15) is 41.5 Å². The van der Waals surface area contributed by atoms with Crippen molar-refractivity contribution in [3.8, 4) is 0 Å². The second-order valence-corrected chi connectivity index (χ2v) is 7.44. The maximum absolute atomic E-state index is 12.2. The number of aryl methyl sites for hydroxylation is 1. The first-order valence-electron chi connectivity index (χ1n) is 8.77. The summed E-state index contributed by atoms with van der Waals surface area (Å²) in [5.41, 5.74) is 1.19. The van der Waals surface area contributed by atoms with Crippen LogP contribution < -0.4 is 5.32 Å². The van der Waals surface area contributed by atoms with Crippen molar-refractivity contribution in [2.24, 2.45) is 0 Å². The van der Waals surface area contributed by atoms with Crippen LogP contribution in [0.2, 0.25) is 0 Å². The summed E-state index contributed by atoms with van der Waals surface area (Å²) in [5, 5.41) is 2.88. The van der Waals surface area contributed by atoms with Crippen molar-refractivity contribution in [2.75, 3.05) is 6.54 Å².